The van der Waals surface area contributed by atoms with Crippen molar-refractivity contribution in [3.8, 4) is 0 Å². The molecule has 1 aliphatic carbocycles. The van der Waals surface area contributed by atoms with Crippen molar-refractivity contribution in [1.82, 2.24) is 0 Å². The lowest BCUT2D eigenvalue weighted by molar-refractivity contribution is -0.168. The van der Waals surface area contributed by atoms with Crippen molar-refractivity contribution >= 4 is 0 Å². The van der Waals surface area contributed by atoms with Crippen LogP contribution in [0.2, 0.25) is 0 Å². The predicted molar refractivity (Wildman–Crippen MR) is 54.8 cm³/mol. The van der Waals surface area contributed by atoms with Crippen LogP contribution in [0.5, 0.6) is 0 Å². The monoisotopic (exact) mass is 202 g/mol. The van der Waals surface area contributed by atoms with E-state index in [4.69, 9.17) is 5.11 Å². The van der Waals surface area contributed by atoms with Gasteiger partial charge in [-0.15, -0.1) is 0 Å². The van der Waals surface area contributed by atoms with E-state index in [0.29, 0.717) is 19.3 Å². The van der Waals surface area contributed by atoms with Crippen LogP contribution in [0.4, 0.5) is 0 Å². The zero-order chi connectivity index (χ0) is 11.0. The summed E-state index contributed by atoms with van der Waals surface area (Å²) in [5.41, 5.74) is -1.17. The quantitative estimate of drug-likeness (QED) is 0.624. The maximum Gasteiger partial charge on any atom is 0.0747 e. The second-order valence-corrected chi connectivity index (χ2v) is 5.28. The Balaban J connectivity index is 2.89. The minimum atomic E-state index is -0.846. The molecule has 0 saturated heterocycles. The minimum Gasteiger partial charge on any atom is -0.396 e. The van der Waals surface area contributed by atoms with Gasteiger partial charge in [0, 0.05) is 6.61 Å². The van der Waals surface area contributed by atoms with E-state index in [9.17, 15) is 10.2 Å². The summed E-state index contributed by atoms with van der Waals surface area (Å²) >= 11 is 0. The molecule has 1 saturated carbocycles. The van der Waals surface area contributed by atoms with Gasteiger partial charge >= 0.3 is 0 Å². The molecule has 3 atom stereocenters. The molecule has 3 heteroatoms. The fourth-order valence-corrected chi connectivity index (χ4v) is 2.87. The minimum absolute atomic E-state index is 0.000362. The van der Waals surface area contributed by atoms with Crippen molar-refractivity contribution in [2.24, 2.45) is 11.3 Å². The fourth-order valence-electron chi connectivity index (χ4n) is 2.87. The highest BCUT2D eigenvalue weighted by Crippen LogP contribution is 2.48. The zero-order valence-electron chi connectivity index (χ0n) is 9.32. The van der Waals surface area contributed by atoms with Gasteiger partial charge in [0.1, 0.15) is 0 Å². The van der Waals surface area contributed by atoms with Crippen molar-refractivity contribution in [1.29, 1.82) is 0 Å². The van der Waals surface area contributed by atoms with Gasteiger partial charge in [-0.1, -0.05) is 20.8 Å². The van der Waals surface area contributed by atoms with Gasteiger partial charge in [0.2, 0.25) is 0 Å². The summed E-state index contributed by atoms with van der Waals surface area (Å²) in [7, 11) is 0. The topological polar surface area (TPSA) is 60.7 Å². The van der Waals surface area contributed by atoms with E-state index < -0.39 is 5.60 Å². The van der Waals surface area contributed by atoms with Crippen LogP contribution in [0.15, 0.2) is 0 Å². The number of hydrogen-bond donors (Lipinski definition) is 3. The molecule has 1 aliphatic rings. The van der Waals surface area contributed by atoms with Gasteiger partial charge < -0.3 is 15.3 Å². The molecule has 84 valence electrons. The first kappa shape index (κ1) is 12.0. The van der Waals surface area contributed by atoms with Gasteiger partial charge in [-0.3, -0.25) is 0 Å². The highest BCUT2D eigenvalue weighted by Gasteiger charge is 2.51. The Kier molecular flexibility index (Phi) is 3.24. The first-order valence-corrected chi connectivity index (χ1v) is 5.35. The van der Waals surface area contributed by atoms with Crippen LogP contribution in [0, 0.1) is 11.3 Å². The Morgan fingerprint density at radius 1 is 1.36 bits per heavy atom. The normalized spacial score (nSPS) is 42.4. The second-order valence-electron chi connectivity index (χ2n) is 5.28. The summed E-state index contributed by atoms with van der Waals surface area (Å²) in [6, 6.07) is 0. The highest BCUT2D eigenvalue weighted by molar-refractivity contribution is 5.02. The molecule has 0 bridgehead atoms. The van der Waals surface area contributed by atoms with Crippen molar-refractivity contribution in [2.45, 2.75) is 51.7 Å². The van der Waals surface area contributed by atoms with E-state index >= 15 is 0 Å². The van der Waals surface area contributed by atoms with Crippen LogP contribution in [0.3, 0.4) is 0 Å². The van der Waals surface area contributed by atoms with Gasteiger partial charge in [0.15, 0.2) is 0 Å². The summed E-state index contributed by atoms with van der Waals surface area (Å²) in [6.45, 7) is 5.86. The molecule has 0 aromatic carbocycles. The number of aliphatic hydroxyl groups excluding tert-OH is 2. The molecule has 1 fully saturated rings. The summed E-state index contributed by atoms with van der Waals surface area (Å²) in [5, 5.41) is 29.1. The third kappa shape index (κ3) is 1.81. The number of rotatable bonds is 2. The van der Waals surface area contributed by atoms with E-state index in [0.717, 1.165) is 0 Å². The van der Waals surface area contributed by atoms with Gasteiger partial charge in [-0.2, -0.15) is 0 Å². The molecule has 0 amide bonds. The van der Waals surface area contributed by atoms with Crippen molar-refractivity contribution in [3.05, 3.63) is 0 Å². The van der Waals surface area contributed by atoms with E-state index in [-0.39, 0.29) is 24.0 Å². The summed E-state index contributed by atoms with van der Waals surface area (Å²) in [6.07, 6.45) is 1.31. The fraction of sp³-hybridized carbons (Fsp3) is 1.00. The first-order chi connectivity index (χ1) is 6.33. The third-order valence-electron chi connectivity index (χ3n) is 3.85. The standard InChI is InChI=1S/C11H22O3/c1-8-6-9(13)7-10(2,3)11(8,14)4-5-12/h8-9,12-14H,4-7H2,1-3H3. The molecule has 0 spiro atoms. The molecule has 0 aromatic heterocycles. The maximum absolute atomic E-state index is 10.5. The summed E-state index contributed by atoms with van der Waals surface area (Å²) in [4.78, 5) is 0. The third-order valence-corrected chi connectivity index (χ3v) is 3.85. The molecule has 0 aromatic rings. The van der Waals surface area contributed by atoms with Crippen LogP contribution in [-0.2, 0) is 0 Å². The van der Waals surface area contributed by atoms with Crippen LogP contribution < -0.4 is 0 Å². The molecular weight excluding hydrogens is 180 g/mol. The Hall–Kier alpha value is -0.120. The predicted octanol–water partition coefficient (Wildman–Crippen LogP) is 0.917. The van der Waals surface area contributed by atoms with E-state index in [1.54, 1.807) is 0 Å². The lowest BCUT2D eigenvalue weighted by atomic mass is 9.59. The average Bonchev–Trinajstić information content (AvgIpc) is 2.00. The second kappa shape index (κ2) is 3.80. The van der Waals surface area contributed by atoms with Gasteiger partial charge in [-0.25, -0.2) is 0 Å². The van der Waals surface area contributed by atoms with Crippen LogP contribution >= 0.6 is 0 Å². The lowest BCUT2D eigenvalue weighted by Crippen LogP contribution is -2.56. The Morgan fingerprint density at radius 3 is 2.36 bits per heavy atom. The van der Waals surface area contributed by atoms with Crippen LogP contribution in [-0.4, -0.2) is 33.6 Å². The Morgan fingerprint density at radius 2 is 1.93 bits per heavy atom. The van der Waals surface area contributed by atoms with E-state index in [1.165, 1.54) is 0 Å². The highest BCUT2D eigenvalue weighted by atomic mass is 16.3. The van der Waals surface area contributed by atoms with Gasteiger partial charge in [0.25, 0.3) is 0 Å². The average molecular weight is 202 g/mol. The number of aliphatic hydroxyl groups is 3. The molecule has 14 heavy (non-hydrogen) atoms. The molecule has 3 unspecified atom stereocenters. The summed E-state index contributed by atoms with van der Waals surface area (Å²) < 4.78 is 0. The lowest BCUT2D eigenvalue weighted by Gasteiger charge is -2.52. The Bertz CT molecular complexity index is 203. The number of hydrogen-bond acceptors (Lipinski definition) is 3. The maximum atomic E-state index is 10.5. The largest absolute Gasteiger partial charge is 0.396 e. The molecule has 3 nitrogen and oxygen atoms in total. The molecule has 1 rings (SSSR count). The Labute approximate surface area is 85.8 Å². The van der Waals surface area contributed by atoms with Crippen LogP contribution in [0.1, 0.15) is 40.0 Å². The molecule has 0 heterocycles. The van der Waals surface area contributed by atoms with Gasteiger partial charge in [-0.05, 0) is 30.6 Å². The zero-order valence-corrected chi connectivity index (χ0v) is 9.32. The first-order valence-electron chi connectivity index (χ1n) is 5.35. The van der Waals surface area contributed by atoms with Gasteiger partial charge in [0.05, 0.1) is 11.7 Å². The van der Waals surface area contributed by atoms with Crippen molar-refractivity contribution in [2.75, 3.05) is 6.61 Å². The van der Waals surface area contributed by atoms with Crippen molar-refractivity contribution < 1.29 is 15.3 Å². The van der Waals surface area contributed by atoms with E-state index in [1.807, 2.05) is 20.8 Å². The SMILES string of the molecule is CC1CC(O)CC(C)(C)C1(O)CCO. The molecule has 0 radical (unpaired) electrons. The van der Waals surface area contributed by atoms with Crippen LogP contribution in [0.25, 0.3) is 0 Å². The summed E-state index contributed by atoms with van der Waals surface area (Å²) in [5.74, 6) is 0.0356. The molecular formula is C11H22O3. The van der Waals surface area contributed by atoms with Crippen molar-refractivity contribution in [3.63, 3.8) is 0 Å². The molecule has 0 aliphatic heterocycles. The smallest absolute Gasteiger partial charge is 0.0747 e. The van der Waals surface area contributed by atoms with E-state index in [2.05, 4.69) is 0 Å². The molecule has 3 N–H and O–H groups in total.